The van der Waals surface area contributed by atoms with Crippen molar-refractivity contribution in [3.05, 3.63) is 29.3 Å². The van der Waals surface area contributed by atoms with Gasteiger partial charge in [-0.2, -0.15) is 5.26 Å². The van der Waals surface area contributed by atoms with E-state index in [4.69, 9.17) is 5.26 Å². The standard InChI is InChI=1S/C13H17N3/c1-10-4-5-11(8-14)13(7-10)16-12-3-2-6-15-9-12/h4-5,7,12,15-16H,2-3,6,9H2,1H3. The van der Waals surface area contributed by atoms with E-state index in [-0.39, 0.29) is 0 Å². The molecule has 1 unspecified atom stereocenters. The molecule has 1 aromatic rings. The molecule has 84 valence electrons. The summed E-state index contributed by atoms with van der Waals surface area (Å²) in [7, 11) is 0. The summed E-state index contributed by atoms with van der Waals surface area (Å²) in [6.07, 6.45) is 2.37. The molecule has 0 amide bonds. The minimum atomic E-state index is 0.447. The van der Waals surface area contributed by atoms with Crippen LogP contribution in [0.15, 0.2) is 18.2 Å². The van der Waals surface area contributed by atoms with Crippen molar-refractivity contribution in [1.29, 1.82) is 5.26 Å². The third-order valence-corrected chi connectivity index (χ3v) is 2.95. The second-order valence-electron chi connectivity index (χ2n) is 4.35. The summed E-state index contributed by atoms with van der Waals surface area (Å²) in [6.45, 7) is 4.14. The molecule has 1 aliphatic rings. The number of nitrogens with one attached hydrogen (secondary N) is 2. The Bertz CT molecular complexity index is 400. The van der Waals surface area contributed by atoms with Crippen LogP contribution in [-0.4, -0.2) is 19.1 Å². The van der Waals surface area contributed by atoms with Crippen molar-refractivity contribution >= 4 is 5.69 Å². The lowest BCUT2D eigenvalue weighted by atomic mass is 10.1. The van der Waals surface area contributed by atoms with Crippen LogP contribution < -0.4 is 10.6 Å². The first-order chi connectivity index (χ1) is 7.79. The van der Waals surface area contributed by atoms with Crippen LogP contribution in [0.3, 0.4) is 0 Å². The van der Waals surface area contributed by atoms with Crippen LogP contribution in [-0.2, 0) is 0 Å². The predicted molar refractivity (Wildman–Crippen MR) is 65.4 cm³/mol. The van der Waals surface area contributed by atoms with Crippen molar-refractivity contribution in [1.82, 2.24) is 5.32 Å². The molecule has 2 rings (SSSR count). The summed E-state index contributed by atoms with van der Waals surface area (Å²) in [5, 5.41) is 15.9. The summed E-state index contributed by atoms with van der Waals surface area (Å²) < 4.78 is 0. The summed E-state index contributed by atoms with van der Waals surface area (Å²) in [6, 6.07) is 8.58. The SMILES string of the molecule is Cc1ccc(C#N)c(NC2CCCNC2)c1. The fourth-order valence-electron chi connectivity index (χ4n) is 2.07. The van der Waals surface area contributed by atoms with Crippen LogP contribution in [0.1, 0.15) is 24.0 Å². The Balaban J connectivity index is 2.13. The van der Waals surface area contributed by atoms with Crippen LogP contribution >= 0.6 is 0 Å². The highest BCUT2D eigenvalue weighted by Crippen LogP contribution is 2.19. The predicted octanol–water partition coefficient (Wildman–Crippen LogP) is 2.03. The van der Waals surface area contributed by atoms with Crippen LogP contribution in [0.4, 0.5) is 5.69 Å². The smallest absolute Gasteiger partial charge is 0.101 e. The van der Waals surface area contributed by atoms with Gasteiger partial charge in [0, 0.05) is 12.6 Å². The van der Waals surface area contributed by atoms with Crippen molar-refractivity contribution in [3.8, 4) is 6.07 Å². The van der Waals surface area contributed by atoms with Gasteiger partial charge in [0.15, 0.2) is 0 Å². The Morgan fingerprint density at radius 2 is 2.38 bits per heavy atom. The minimum Gasteiger partial charge on any atom is -0.380 e. The van der Waals surface area contributed by atoms with Gasteiger partial charge in [-0.05, 0) is 44.0 Å². The summed E-state index contributed by atoms with van der Waals surface area (Å²) in [5.41, 5.74) is 2.89. The van der Waals surface area contributed by atoms with Crippen LogP contribution in [0.5, 0.6) is 0 Å². The summed E-state index contributed by atoms with van der Waals surface area (Å²) >= 11 is 0. The third-order valence-electron chi connectivity index (χ3n) is 2.95. The normalized spacial score (nSPS) is 20.1. The van der Waals surface area contributed by atoms with Gasteiger partial charge >= 0.3 is 0 Å². The second kappa shape index (κ2) is 5.00. The first kappa shape index (κ1) is 11.0. The molecule has 3 heteroatoms. The van der Waals surface area contributed by atoms with Gasteiger partial charge in [0.05, 0.1) is 11.3 Å². The molecule has 0 radical (unpaired) electrons. The van der Waals surface area contributed by atoms with E-state index in [1.807, 2.05) is 25.1 Å². The van der Waals surface area contributed by atoms with E-state index in [9.17, 15) is 0 Å². The van der Waals surface area contributed by atoms with E-state index >= 15 is 0 Å². The molecule has 1 aromatic carbocycles. The number of aryl methyl sites for hydroxylation is 1. The number of hydrogen-bond donors (Lipinski definition) is 2. The van der Waals surface area contributed by atoms with Crippen molar-refractivity contribution in [2.24, 2.45) is 0 Å². The first-order valence-electron chi connectivity index (χ1n) is 5.77. The highest BCUT2D eigenvalue weighted by atomic mass is 15.0. The molecule has 1 atom stereocenters. The maximum absolute atomic E-state index is 9.03. The number of piperidine rings is 1. The molecule has 1 heterocycles. The number of anilines is 1. The average molecular weight is 215 g/mol. The topological polar surface area (TPSA) is 47.9 Å². The zero-order valence-corrected chi connectivity index (χ0v) is 9.59. The highest BCUT2D eigenvalue weighted by Gasteiger charge is 2.13. The Kier molecular flexibility index (Phi) is 3.43. The van der Waals surface area contributed by atoms with Gasteiger partial charge in [-0.1, -0.05) is 6.07 Å². The molecule has 1 aliphatic heterocycles. The zero-order chi connectivity index (χ0) is 11.4. The van der Waals surface area contributed by atoms with Gasteiger partial charge in [-0.15, -0.1) is 0 Å². The first-order valence-corrected chi connectivity index (χ1v) is 5.77. The molecule has 0 saturated carbocycles. The minimum absolute atomic E-state index is 0.447. The average Bonchev–Trinajstić information content (AvgIpc) is 2.31. The fourth-order valence-corrected chi connectivity index (χ4v) is 2.07. The number of hydrogen-bond acceptors (Lipinski definition) is 3. The monoisotopic (exact) mass is 215 g/mol. The summed E-state index contributed by atoms with van der Waals surface area (Å²) in [5.74, 6) is 0. The van der Waals surface area contributed by atoms with E-state index in [1.165, 1.54) is 18.4 Å². The fraction of sp³-hybridized carbons (Fsp3) is 0.462. The maximum Gasteiger partial charge on any atom is 0.101 e. The molecule has 3 nitrogen and oxygen atoms in total. The van der Waals surface area contributed by atoms with Crippen molar-refractivity contribution in [2.45, 2.75) is 25.8 Å². The van der Waals surface area contributed by atoms with Gasteiger partial charge in [-0.25, -0.2) is 0 Å². The lowest BCUT2D eigenvalue weighted by Crippen LogP contribution is -2.38. The maximum atomic E-state index is 9.03. The summed E-state index contributed by atoms with van der Waals surface area (Å²) in [4.78, 5) is 0. The lowest BCUT2D eigenvalue weighted by Gasteiger charge is -2.25. The number of nitriles is 1. The Morgan fingerprint density at radius 3 is 3.06 bits per heavy atom. The van der Waals surface area contributed by atoms with E-state index in [1.54, 1.807) is 0 Å². The molecule has 1 saturated heterocycles. The van der Waals surface area contributed by atoms with Gasteiger partial charge < -0.3 is 10.6 Å². The van der Waals surface area contributed by atoms with Crippen LogP contribution in [0, 0.1) is 18.3 Å². The highest BCUT2D eigenvalue weighted by molar-refractivity contribution is 5.59. The van der Waals surface area contributed by atoms with E-state index in [0.717, 1.165) is 24.3 Å². The third kappa shape index (κ3) is 2.53. The molecule has 0 aromatic heterocycles. The second-order valence-corrected chi connectivity index (χ2v) is 4.35. The number of rotatable bonds is 2. The van der Waals surface area contributed by atoms with Crippen molar-refractivity contribution < 1.29 is 0 Å². The Hall–Kier alpha value is -1.53. The van der Waals surface area contributed by atoms with Gasteiger partial charge in [0.1, 0.15) is 6.07 Å². The molecule has 1 fully saturated rings. The zero-order valence-electron chi connectivity index (χ0n) is 9.59. The van der Waals surface area contributed by atoms with Crippen LogP contribution in [0.25, 0.3) is 0 Å². The Labute approximate surface area is 96.5 Å². The molecule has 0 aliphatic carbocycles. The molecular formula is C13H17N3. The van der Waals surface area contributed by atoms with Gasteiger partial charge in [-0.3, -0.25) is 0 Å². The van der Waals surface area contributed by atoms with Crippen molar-refractivity contribution in [2.75, 3.05) is 18.4 Å². The number of nitrogens with zero attached hydrogens (tertiary/aromatic N) is 1. The Morgan fingerprint density at radius 1 is 1.50 bits per heavy atom. The lowest BCUT2D eigenvalue weighted by molar-refractivity contribution is 0.480. The van der Waals surface area contributed by atoms with Crippen molar-refractivity contribution in [3.63, 3.8) is 0 Å². The molecule has 2 N–H and O–H groups in total. The number of benzene rings is 1. The quantitative estimate of drug-likeness (QED) is 0.793. The molecule has 0 spiro atoms. The molecule has 0 bridgehead atoms. The van der Waals surface area contributed by atoms with E-state index < -0.39 is 0 Å². The largest absolute Gasteiger partial charge is 0.380 e. The molecular weight excluding hydrogens is 198 g/mol. The van der Waals surface area contributed by atoms with Gasteiger partial charge in [0.25, 0.3) is 0 Å². The molecule has 16 heavy (non-hydrogen) atoms. The van der Waals surface area contributed by atoms with Crippen LogP contribution in [0.2, 0.25) is 0 Å². The van der Waals surface area contributed by atoms with E-state index in [0.29, 0.717) is 6.04 Å². The van der Waals surface area contributed by atoms with Gasteiger partial charge in [0.2, 0.25) is 0 Å². The van der Waals surface area contributed by atoms with E-state index in [2.05, 4.69) is 16.7 Å².